The fourth-order valence-corrected chi connectivity index (χ4v) is 4.68. The van der Waals surface area contributed by atoms with Crippen LogP contribution >= 0.6 is 0 Å². The molecule has 150 valence electrons. The predicted octanol–water partition coefficient (Wildman–Crippen LogP) is 4.87. The molecule has 4 rings (SSSR count). The van der Waals surface area contributed by atoms with Crippen molar-refractivity contribution in [1.82, 2.24) is 0 Å². The second-order valence-corrected chi connectivity index (χ2v) is 7.36. The first-order valence-corrected chi connectivity index (χ1v) is 9.84. The lowest BCUT2D eigenvalue weighted by molar-refractivity contribution is -0.0399. The molecule has 0 bridgehead atoms. The van der Waals surface area contributed by atoms with E-state index in [1.165, 1.54) is 18.4 Å². The van der Waals surface area contributed by atoms with E-state index in [4.69, 9.17) is 23.7 Å². The molecule has 0 radical (unpaired) electrons. The SMILES string of the molecule is COc1cc2c(cc1OC)C1CCCCC1OC2c1cccc(OC)c1OC. The van der Waals surface area contributed by atoms with E-state index in [0.29, 0.717) is 23.2 Å². The van der Waals surface area contributed by atoms with Gasteiger partial charge in [-0.1, -0.05) is 25.0 Å². The van der Waals surface area contributed by atoms with Crippen LogP contribution in [0, 0.1) is 0 Å². The van der Waals surface area contributed by atoms with Gasteiger partial charge in [0.2, 0.25) is 0 Å². The first-order valence-electron chi connectivity index (χ1n) is 9.84. The number of fused-ring (bicyclic) bond motifs is 3. The van der Waals surface area contributed by atoms with Gasteiger partial charge in [-0.25, -0.2) is 0 Å². The lowest BCUT2D eigenvalue weighted by Crippen LogP contribution is -2.34. The van der Waals surface area contributed by atoms with Gasteiger partial charge in [0.1, 0.15) is 6.10 Å². The summed E-state index contributed by atoms with van der Waals surface area (Å²) in [6.45, 7) is 0. The average molecular weight is 384 g/mol. The van der Waals surface area contributed by atoms with E-state index >= 15 is 0 Å². The Balaban J connectivity index is 1.90. The number of rotatable bonds is 5. The smallest absolute Gasteiger partial charge is 0.166 e. The molecule has 2 aromatic rings. The molecule has 1 fully saturated rings. The van der Waals surface area contributed by atoms with Gasteiger partial charge in [0, 0.05) is 11.5 Å². The normalized spacial score (nSPS) is 23.4. The largest absolute Gasteiger partial charge is 0.493 e. The van der Waals surface area contributed by atoms with Crippen molar-refractivity contribution in [1.29, 1.82) is 0 Å². The molecule has 3 unspecified atom stereocenters. The highest BCUT2D eigenvalue weighted by Gasteiger charge is 2.40. The van der Waals surface area contributed by atoms with Gasteiger partial charge < -0.3 is 23.7 Å². The van der Waals surface area contributed by atoms with Crippen molar-refractivity contribution in [2.75, 3.05) is 28.4 Å². The summed E-state index contributed by atoms with van der Waals surface area (Å²) in [5.74, 6) is 3.28. The zero-order valence-electron chi connectivity index (χ0n) is 17.0. The predicted molar refractivity (Wildman–Crippen MR) is 107 cm³/mol. The third-order valence-electron chi connectivity index (χ3n) is 6.00. The molecule has 0 aromatic heterocycles. The lowest BCUT2D eigenvalue weighted by Gasteiger charge is -2.42. The molecule has 1 heterocycles. The molecule has 2 aromatic carbocycles. The van der Waals surface area contributed by atoms with Crippen LogP contribution in [0.15, 0.2) is 30.3 Å². The molecule has 3 atom stereocenters. The lowest BCUT2D eigenvalue weighted by atomic mass is 9.75. The van der Waals surface area contributed by atoms with Crippen molar-refractivity contribution in [2.45, 2.75) is 43.8 Å². The van der Waals surface area contributed by atoms with E-state index in [-0.39, 0.29) is 12.2 Å². The van der Waals surface area contributed by atoms with E-state index in [1.54, 1.807) is 28.4 Å². The number of methoxy groups -OCH3 is 4. The molecular weight excluding hydrogens is 356 g/mol. The summed E-state index contributed by atoms with van der Waals surface area (Å²) in [6, 6.07) is 10.1. The number of hydrogen-bond donors (Lipinski definition) is 0. The summed E-state index contributed by atoms with van der Waals surface area (Å²) in [7, 11) is 6.68. The number of benzene rings is 2. The van der Waals surface area contributed by atoms with Crippen LogP contribution in [0.5, 0.6) is 23.0 Å². The van der Waals surface area contributed by atoms with Crippen LogP contribution in [0.3, 0.4) is 0 Å². The molecule has 1 aliphatic heterocycles. The highest BCUT2D eigenvalue weighted by molar-refractivity contribution is 5.56. The molecule has 5 heteroatoms. The maximum atomic E-state index is 6.69. The van der Waals surface area contributed by atoms with Crippen molar-refractivity contribution in [3.8, 4) is 23.0 Å². The maximum Gasteiger partial charge on any atom is 0.166 e. The Labute approximate surface area is 166 Å². The highest BCUT2D eigenvalue weighted by atomic mass is 16.5. The molecule has 0 spiro atoms. The van der Waals surface area contributed by atoms with Crippen LogP contribution in [0.2, 0.25) is 0 Å². The molecular formula is C23H28O5. The second kappa shape index (κ2) is 7.92. The van der Waals surface area contributed by atoms with Crippen molar-refractivity contribution in [2.24, 2.45) is 0 Å². The van der Waals surface area contributed by atoms with E-state index in [0.717, 1.165) is 29.7 Å². The van der Waals surface area contributed by atoms with Crippen molar-refractivity contribution < 1.29 is 23.7 Å². The van der Waals surface area contributed by atoms with Gasteiger partial charge in [-0.15, -0.1) is 0 Å². The van der Waals surface area contributed by atoms with Crippen LogP contribution in [0.4, 0.5) is 0 Å². The zero-order chi connectivity index (χ0) is 19.7. The van der Waals surface area contributed by atoms with Crippen LogP contribution in [-0.4, -0.2) is 34.5 Å². The number of hydrogen-bond acceptors (Lipinski definition) is 5. The zero-order valence-corrected chi connectivity index (χ0v) is 17.0. The molecule has 1 aliphatic carbocycles. The molecule has 28 heavy (non-hydrogen) atoms. The van der Waals surface area contributed by atoms with Gasteiger partial charge >= 0.3 is 0 Å². The van der Waals surface area contributed by atoms with Crippen LogP contribution in [0.25, 0.3) is 0 Å². The van der Waals surface area contributed by atoms with Crippen molar-refractivity contribution in [3.63, 3.8) is 0 Å². The molecule has 0 amide bonds. The Morgan fingerprint density at radius 3 is 2.11 bits per heavy atom. The summed E-state index contributed by atoms with van der Waals surface area (Å²) < 4.78 is 29.1. The monoisotopic (exact) mass is 384 g/mol. The molecule has 1 saturated carbocycles. The van der Waals surface area contributed by atoms with E-state index in [2.05, 4.69) is 18.2 Å². The Kier molecular flexibility index (Phi) is 5.36. The quantitative estimate of drug-likeness (QED) is 0.736. The average Bonchev–Trinajstić information content (AvgIpc) is 2.76. The van der Waals surface area contributed by atoms with Crippen LogP contribution < -0.4 is 18.9 Å². The van der Waals surface area contributed by atoms with Gasteiger partial charge in [-0.3, -0.25) is 0 Å². The van der Waals surface area contributed by atoms with Crippen molar-refractivity contribution in [3.05, 3.63) is 47.0 Å². The first kappa shape index (κ1) is 18.9. The third kappa shape index (κ3) is 3.08. The topological polar surface area (TPSA) is 46.2 Å². The van der Waals surface area contributed by atoms with E-state index in [1.807, 2.05) is 12.1 Å². The van der Waals surface area contributed by atoms with Gasteiger partial charge in [0.05, 0.1) is 34.5 Å². The maximum absolute atomic E-state index is 6.69. The van der Waals surface area contributed by atoms with Gasteiger partial charge in [-0.05, 0) is 42.2 Å². The van der Waals surface area contributed by atoms with E-state index in [9.17, 15) is 0 Å². The Bertz CT molecular complexity index is 847. The minimum absolute atomic E-state index is 0.195. The Hall–Kier alpha value is -2.40. The summed E-state index contributed by atoms with van der Waals surface area (Å²) in [4.78, 5) is 0. The minimum Gasteiger partial charge on any atom is -0.493 e. The Morgan fingerprint density at radius 2 is 1.43 bits per heavy atom. The molecule has 0 N–H and O–H groups in total. The minimum atomic E-state index is -0.237. The van der Waals surface area contributed by atoms with E-state index < -0.39 is 0 Å². The fraction of sp³-hybridized carbons (Fsp3) is 0.478. The molecule has 2 aliphatic rings. The molecule has 5 nitrogen and oxygen atoms in total. The summed E-state index contributed by atoms with van der Waals surface area (Å²) in [5.41, 5.74) is 3.38. The summed E-state index contributed by atoms with van der Waals surface area (Å²) in [5, 5.41) is 0. The van der Waals surface area contributed by atoms with Crippen LogP contribution in [0.1, 0.15) is 54.4 Å². The number of para-hydroxylation sites is 1. The summed E-state index contributed by atoms with van der Waals surface area (Å²) >= 11 is 0. The standard InChI is InChI=1S/C23H28O5/c1-24-19-11-7-9-15(23(19)27-4)22-17-13-21(26-3)20(25-2)12-16(17)14-8-5-6-10-18(14)28-22/h7,9,11-14,18,22H,5-6,8,10H2,1-4H3. The molecule has 0 saturated heterocycles. The van der Waals surface area contributed by atoms with Crippen LogP contribution in [-0.2, 0) is 4.74 Å². The summed E-state index contributed by atoms with van der Waals surface area (Å²) in [6.07, 6.45) is 4.59. The van der Waals surface area contributed by atoms with Gasteiger partial charge in [-0.2, -0.15) is 0 Å². The first-order chi connectivity index (χ1) is 13.7. The highest BCUT2D eigenvalue weighted by Crippen LogP contribution is 2.51. The fourth-order valence-electron chi connectivity index (χ4n) is 4.68. The van der Waals surface area contributed by atoms with Crippen molar-refractivity contribution >= 4 is 0 Å². The van der Waals surface area contributed by atoms with Gasteiger partial charge in [0.15, 0.2) is 23.0 Å². The number of ether oxygens (including phenoxy) is 5. The second-order valence-electron chi connectivity index (χ2n) is 7.36. The Morgan fingerprint density at radius 1 is 0.750 bits per heavy atom. The van der Waals surface area contributed by atoms with Gasteiger partial charge in [0.25, 0.3) is 0 Å². The third-order valence-corrected chi connectivity index (χ3v) is 6.00.